The molecule has 1 amide bonds. The van der Waals surface area contributed by atoms with Gasteiger partial charge in [-0.05, 0) is 25.5 Å². The lowest BCUT2D eigenvalue weighted by Crippen LogP contribution is -2.52. The lowest BCUT2D eigenvalue weighted by atomic mass is 10.0. The van der Waals surface area contributed by atoms with Crippen LogP contribution in [-0.2, 0) is 23.0 Å². The smallest absolute Gasteiger partial charge is 0.226 e. The van der Waals surface area contributed by atoms with Crippen molar-refractivity contribution >= 4 is 11.7 Å². The zero-order chi connectivity index (χ0) is 16.9. The standard InChI is InChI=1S/C16H22N6O2/c1-11-7-12(22(2)21-11)8-16(23)20-13-4-6-24-9-14(13)19-15-3-5-17-10-18-15/h3,5,7,10,13-14H,4,6,8-9H2,1-2H3,(H,20,23)(H,17,18,19)/t13-,14+/m0/s1. The van der Waals surface area contributed by atoms with Crippen LogP contribution >= 0.6 is 0 Å². The molecule has 8 heteroatoms. The van der Waals surface area contributed by atoms with Crippen molar-refractivity contribution in [2.45, 2.75) is 31.8 Å². The van der Waals surface area contributed by atoms with Gasteiger partial charge in [0.2, 0.25) is 5.91 Å². The van der Waals surface area contributed by atoms with E-state index in [4.69, 9.17) is 4.74 Å². The zero-order valence-corrected chi connectivity index (χ0v) is 13.9. The van der Waals surface area contributed by atoms with E-state index in [0.717, 1.165) is 23.6 Å². The average Bonchev–Trinajstić information content (AvgIpc) is 2.87. The number of hydrogen-bond acceptors (Lipinski definition) is 6. The van der Waals surface area contributed by atoms with Gasteiger partial charge < -0.3 is 15.4 Å². The van der Waals surface area contributed by atoms with Crippen LogP contribution < -0.4 is 10.6 Å². The Labute approximate surface area is 140 Å². The molecule has 8 nitrogen and oxygen atoms in total. The van der Waals surface area contributed by atoms with Gasteiger partial charge in [-0.1, -0.05) is 0 Å². The van der Waals surface area contributed by atoms with Crippen LogP contribution in [0.2, 0.25) is 0 Å². The molecule has 0 saturated carbocycles. The number of nitrogens with one attached hydrogen (secondary N) is 2. The van der Waals surface area contributed by atoms with Gasteiger partial charge in [0.15, 0.2) is 0 Å². The van der Waals surface area contributed by atoms with E-state index >= 15 is 0 Å². The molecule has 1 fully saturated rings. The highest BCUT2D eigenvalue weighted by Gasteiger charge is 2.27. The minimum Gasteiger partial charge on any atom is -0.379 e. The first kappa shape index (κ1) is 16.4. The van der Waals surface area contributed by atoms with Crippen LogP contribution in [0.15, 0.2) is 24.7 Å². The van der Waals surface area contributed by atoms with Crippen molar-refractivity contribution in [1.29, 1.82) is 0 Å². The number of anilines is 1. The van der Waals surface area contributed by atoms with Crippen molar-refractivity contribution in [3.63, 3.8) is 0 Å². The molecule has 0 unspecified atom stereocenters. The summed E-state index contributed by atoms with van der Waals surface area (Å²) in [4.78, 5) is 20.5. The van der Waals surface area contributed by atoms with E-state index in [1.54, 1.807) is 16.9 Å². The summed E-state index contributed by atoms with van der Waals surface area (Å²) in [6.45, 7) is 3.08. The van der Waals surface area contributed by atoms with Crippen LogP contribution in [0.1, 0.15) is 17.8 Å². The molecule has 0 radical (unpaired) electrons. The second kappa shape index (κ2) is 7.39. The number of ether oxygens (including phenoxy) is 1. The average molecular weight is 330 g/mol. The summed E-state index contributed by atoms with van der Waals surface area (Å²) in [5, 5.41) is 10.7. The molecule has 2 N–H and O–H groups in total. The molecule has 1 saturated heterocycles. The van der Waals surface area contributed by atoms with E-state index < -0.39 is 0 Å². The third-order valence-corrected chi connectivity index (χ3v) is 4.06. The van der Waals surface area contributed by atoms with Gasteiger partial charge in [0.05, 0.1) is 30.8 Å². The quantitative estimate of drug-likeness (QED) is 0.826. The van der Waals surface area contributed by atoms with Crippen LogP contribution in [0, 0.1) is 6.92 Å². The Bertz CT molecular complexity index is 687. The largest absolute Gasteiger partial charge is 0.379 e. The second-order valence-electron chi connectivity index (χ2n) is 5.96. The topological polar surface area (TPSA) is 94.0 Å². The summed E-state index contributed by atoms with van der Waals surface area (Å²) in [6.07, 6.45) is 4.25. The maximum Gasteiger partial charge on any atom is 0.226 e. The third-order valence-electron chi connectivity index (χ3n) is 4.06. The molecular formula is C16H22N6O2. The predicted molar refractivity (Wildman–Crippen MR) is 88.5 cm³/mol. The van der Waals surface area contributed by atoms with E-state index in [1.165, 1.54) is 6.33 Å². The van der Waals surface area contributed by atoms with Crippen LogP contribution in [-0.4, -0.2) is 51.0 Å². The Morgan fingerprint density at radius 1 is 1.46 bits per heavy atom. The number of carbonyl (C=O) groups is 1. The fraction of sp³-hybridized carbons (Fsp3) is 0.500. The summed E-state index contributed by atoms with van der Waals surface area (Å²) >= 11 is 0. The molecule has 1 aliphatic heterocycles. The first-order chi connectivity index (χ1) is 11.6. The molecular weight excluding hydrogens is 308 g/mol. The van der Waals surface area contributed by atoms with Gasteiger partial charge in [-0.15, -0.1) is 0 Å². The fourth-order valence-electron chi connectivity index (χ4n) is 2.87. The predicted octanol–water partition coefficient (Wildman–Crippen LogP) is 0.447. The molecule has 2 aromatic rings. The molecule has 1 aliphatic rings. The lowest BCUT2D eigenvalue weighted by molar-refractivity contribution is -0.121. The molecule has 128 valence electrons. The Kier molecular flexibility index (Phi) is 5.05. The highest BCUT2D eigenvalue weighted by Crippen LogP contribution is 2.13. The molecule has 2 atom stereocenters. The van der Waals surface area contributed by atoms with Gasteiger partial charge in [0.1, 0.15) is 12.1 Å². The van der Waals surface area contributed by atoms with E-state index in [-0.39, 0.29) is 18.0 Å². The zero-order valence-electron chi connectivity index (χ0n) is 13.9. The van der Waals surface area contributed by atoms with E-state index in [1.807, 2.05) is 20.0 Å². The van der Waals surface area contributed by atoms with E-state index in [9.17, 15) is 4.79 Å². The van der Waals surface area contributed by atoms with Crippen molar-refractivity contribution in [1.82, 2.24) is 25.1 Å². The van der Waals surface area contributed by atoms with Gasteiger partial charge in [0.25, 0.3) is 0 Å². The van der Waals surface area contributed by atoms with Crippen molar-refractivity contribution in [2.24, 2.45) is 7.05 Å². The number of hydrogen-bond donors (Lipinski definition) is 2. The molecule has 3 rings (SSSR count). The van der Waals surface area contributed by atoms with Crippen LogP contribution in [0.5, 0.6) is 0 Å². The van der Waals surface area contributed by atoms with Gasteiger partial charge >= 0.3 is 0 Å². The number of aryl methyl sites for hydroxylation is 2. The first-order valence-electron chi connectivity index (χ1n) is 8.01. The van der Waals surface area contributed by atoms with E-state index in [2.05, 4.69) is 25.7 Å². The minimum atomic E-state index is -0.0223. The van der Waals surface area contributed by atoms with Gasteiger partial charge in [-0.25, -0.2) is 9.97 Å². The van der Waals surface area contributed by atoms with Gasteiger partial charge in [-0.3, -0.25) is 9.48 Å². The summed E-state index contributed by atoms with van der Waals surface area (Å²) < 4.78 is 7.28. The Morgan fingerprint density at radius 2 is 2.33 bits per heavy atom. The van der Waals surface area contributed by atoms with Crippen LogP contribution in [0.3, 0.4) is 0 Å². The molecule has 3 heterocycles. The highest BCUT2D eigenvalue weighted by atomic mass is 16.5. The van der Waals surface area contributed by atoms with Crippen LogP contribution in [0.25, 0.3) is 0 Å². The van der Waals surface area contributed by atoms with Gasteiger partial charge in [-0.2, -0.15) is 5.10 Å². The number of nitrogens with zero attached hydrogens (tertiary/aromatic N) is 4. The number of carbonyl (C=O) groups excluding carboxylic acids is 1. The maximum atomic E-state index is 12.4. The summed E-state index contributed by atoms with van der Waals surface area (Å²) in [5.74, 6) is 0.710. The molecule has 0 aromatic carbocycles. The molecule has 0 aliphatic carbocycles. The van der Waals surface area contributed by atoms with Crippen molar-refractivity contribution in [3.8, 4) is 0 Å². The first-order valence-corrected chi connectivity index (χ1v) is 8.01. The highest BCUT2D eigenvalue weighted by molar-refractivity contribution is 5.78. The Balaban J connectivity index is 1.61. The third kappa shape index (κ3) is 4.08. The van der Waals surface area contributed by atoms with Gasteiger partial charge in [0, 0.05) is 25.5 Å². The Morgan fingerprint density at radius 3 is 3.04 bits per heavy atom. The van der Waals surface area contributed by atoms with Crippen molar-refractivity contribution < 1.29 is 9.53 Å². The number of rotatable bonds is 5. The molecule has 0 bridgehead atoms. The fourth-order valence-corrected chi connectivity index (χ4v) is 2.87. The molecule has 0 spiro atoms. The number of aromatic nitrogens is 4. The number of amides is 1. The maximum absolute atomic E-state index is 12.4. The van der Waals surface area contributed by atoms with Crippen LogP contribution in [0.4, 0.5) is 5.82 Å². The van der Waals surface area contributed by atoms with E-state index in [0.29, 0.717) is 19.6 Å². The lowest BCUT2D eigenvalue weighted by Gasteiger charge is -2.33. The second-order valence-corrected chi connectivity index (χ2v) is 5.96. The summed E-state index contributed by atoms with van der Waals surface area (Å²) in [7, 11) is 1.85. The molecule has 2 aromatic heterocycles. The monoisotopic (exact) mass is 330 g/mol. The van der Waals surface area contributed by atoms with Crippen molar-refractivity contribution in [3.05, 3.63) is 36.0 Å². The summed E-state index contributed by atoms with van der Waals surface area (Å²) in [6, 6.07) is 3.70. The SMILES string of the molecule is Cc1cc(CC(=O)N[C@H]2CCOC[C@H]2Nc2ccncn2)n(C)n1. The normalized spacial score (nSPS) is 20.6. The summed E-state index contributed by atoms with van der Waals surface area (Å²) in [5.41, 5.74) is 1.81. The molecule has 24 heavy (non-hydrogen) atoms. The van der Waals surface area contributed by atoms with Crippen molar-refractivity contribution in [2.75, 3.05) is 18.5 Å². The minimum absolute atomic E-state index is 0.00413. The Hall–Kier alpha value is -2.48.